The van der Waals surface area contributed by atoms with Crippen molar-refractivity contribution in [3.05, 3.63) is 40.8 Å². The number of fused-ring (bicyclic) bond motifs is 1. The van der Waals surface area contributed by atoms with Crippen molar-refractivity contribution in [2.75, 3.05) is 6.61 Å². The topological polar surface area (TPSA) is 35.0 Å². The summed E-state index contributed by atoms with van der Waals surface area (Å²) in [6.07, 6.45) is 0.959. The van der Waals surface area contributed by atoms with Crippen molar-refractivity contribution in [2.24, 2.45) is 0 Å². The predicted octanol–water partition coefficient (Wildman–Crippen LogP) is 3.04. The Morgan fingerprint density at radius 1 is 1.29 bits per heavy atom. The van der Waals surface area contributed by atoms with Gasteiger partial charge in [0.1, 0.15) is 5.75 Å². The van der Waals surface area contributed by atoms with Gasteiger partial charge in [0.05, 0.1) is 12.3 Å². The summed E-state index contributed by atoms with van der Waals surface area (Å²) in [7, 11) is 0. The van der Waals surface area contributed by atoms with Crippen molar-refractivity contribution < 1.29 is 4.74 Å². The van der Waals surface area contributed by atoms with Crippen molar-refractivity contribution in [2.45, 2.75) is 13.3 Å². The summed E-state index contributed by atoms with van der Waals surface area (Å²) in [6.45, 7) is 2.64. The SMILES string of the molecule is Cc1cc(-c2cccc3c2OCC3)nc(Cl)n1. The van der Waals surface area contributed by atoms with Crippen LogP contribution in [-0.2, 0) is 6.42 Å². The molecule has 0 spiro atoms. The maximum atomic E-state index is 5.89. The molecule has 86 valence electrons. The largest absolute Gasteiger partial charge is 0.492 e. The van der Waals surface area contributed by atoms with Gasteiger partial charge in [-0.1, -0.05) is 12.1 Å². The Hall–Kier alpha value is -1.61. The highest BCUT2D eigenvalue weighted by Crippen LogP contribution is 2.36. The second kappa shape index (κ2) is 4.00. The second-order valence-electron chi connectivity index (χ2n) is 4.06. The fourth-order valence-corrected chi connectivity index (χ4v) is 2.31. The van der Waals surface area contributed by atoms with Gasteiger partial charge in [-0.25, -0.2) is 9.97 Å². The van der Waals surface area contributed by atoms with Crippen molar-refractivity contribution in [1.29, 1.82) is 0 Å². The van der Waals surface area contributed by atoms with E-state index in [1.807, 2.05) is 25.1 Å². The van der Waals surface area contributed by atoms with Crippen molar-refractivity contribution in [3.8, 4) is 17.0 Å². The zero-order valence-electron chi connectivity index (χ0n) is 9.40. The number of nitrogens with zero attached hydrogens (tertiary/aromatic N) is 2. The summed E-state index contributed by atoms with van der Waals surface area (Å²) >= 11 is 5.89. The van der Waals surface area contributed by atoms with Crippen molar-refractivity contribution >= 4 is 11.6 Å². The number of aromatic nitrogens is 2. The highest BCUT2D eigenvalue weighted by molar-refractivity contribution is 6.28. The molecule has 4 heteroatoms. The lowest BCUT2D eigenvalue weighted by atomic mass is 10.1. The van der Waals surface area contributed by atoms with Crippen molar-refractivity contribution in [1.82, 2.24) is 9.97 Å². The van der Waals surface area contributed by atoms with Gasteiger partial charge in [-0.2, -0.15) is 0 Å². The van der Waals surface area contributed by atoms with Gasteiger partial charge in [0.15, 0.2) is 0 Å². The number of ether oxygens (including phenoxy) is 1. The minimum absolute atomic E-state index is 0.274. The molecular formula is C13H11ClN2O. The second-order valence-corrected chi connectivity index (χ2v) is 4.39. The van der Waals surface area contributed by atoms with E-state index in [1.165, 1.54) is 5.56 Å². The number of hydrogen-bond acceptors (Lipinski definition) is 3. The Kier molecular flexibility index (Phi) is 2.48. The number of aryl methyl sites for hydroxylation is 1. The standard InChI is InChI=1S/C13H11ClN2O/c1-8-7-11(16-13(14)15-8)10-4-2-3-9-5-6-17-12(9)10/h2-4,7H,5-6H2,1H3. The highest BCUT2D eigenvalue weighted by Gasteiger charge is 2.18. The molecular weight excluding hydrogens is 236 g/mol. The normalized spacial score (nSPS) is 13.3. The lowest BCUT2D eigenvalue weighted by Crippen LogP contribution is -1.93. The van der Waals surface area contributed by atoms with Crippen LogP contribution in [0.1, 0.15) is 11.3 Å². The molecule has 0 fully saturated rings. The molecule has 0 unspecified atom stereocenters. The summed E-state index contributed by atoms with van der Waals surface area (Å²) in [4.78, 5) is 8.32. The summed E-state index contributed by atoms with van der Waals surface area (Å²) < 4.78 is 5.66. The minimum Gasteiger partial charge on any atom is -0.492 e. The number of halogens is 1. The smallest absolute Gasteiger partial charge is 0.223 e. The Balaban J connectivity index is 2.19. The zero-order chi connectivity index (χ0) is 11.8. The van der Waals surface area contributed by atoms with Gasteiger partial charge in [-0.3, -0.25) is 0 Å². The van der Waals surface area contributed by atoms with Crippen LogP contribution in [-0.4, -0.2) is 16.6 Å². The lowest BCUT2D eigenvalue weighted by Gasteiger charge is -2.08. The number of para-hydroxylation sites is 1. The Morgan fingerprint density at radius 2 is 2.18 bits per heavy atom. The first-order chi connectivity index (χ1) is 8.24. The van der Waals surface area contributed by atoms with Gasteiger partial charge in [0, 0.05) is 17.7 Å². The molecule has 1 aromatic heterocycles. The molecule has 0 atom stereocenters. The van der Waals surface area contributed by atoms with E-state index in [4.69, 9.17) is 16.3 Å². The molecule has 0 N–H and O–H groups in total. The molecule has 1 aliphatic rings. The van der Waals surface area contributed by atoms with Crippen LogP contribution in [0.5, 0.6) is 5.75 Å². The van der Waals surface area contributed by atoms with E-state index in [-0.39, 0.29) is 5.28 Å². The summed E-state index contributed by atoms with van der Waals surface area (Å²) in [5, 5.41) is 0.274. The molecule has 17 heavy (non-hydrogen) atoms. The molecule has 2 heterocycles. The monoisotopic (exact) mass is 246 g/mol. The Morgan fingerprint density at radius 3 is 3.00 bits per heavy atom. The molecule has 1 aromatic carbocycles. The molecule has 2 aromatic rings. The van der Waals surface area contributed by atoms with Gasteiger partial charge in [-0.05, 0) is 36.2 Å². The maximum Gasteiger partial charge on any atom is 0.223 e. The van der Waals surface area contributed by atoms with Crippen LogP contribution < -0.4 is 4.74 Å². The van der Waals surface area contributed by atoms with E-state index in [2.05, 4.69) is 16.0 Å². The van der Waals surface area contributed by atoms with Crippen LogP contribution in [0.15, 0.2) is 24.3 Å². The van der Waals surface area contributed by atoms with Crippen molar-refractivity contribution in [3.63, 3.8) is 0 Å². The third-order valence-corrected chi connectivity index (χ3v) is 2.99. The minimum atomic E-state index is 0.274. The van der Waals surface area contributed by atoms with E-state index in [0.717, 1.165) is 35.7 Å². The van der Waals surface area contributed by atoms with Gasteiger partial charge in [0.25, 0.3) is 0 Å². The quantitative estimate of drug-likeness (QED) is 0.726. The first kappa shape index (κ1) is 10.5. The molecule has 0 aliphatic carbocycles. The van der Waals surface area contributed by atoms with E-state index >= 15 is 0 Å². The molecule has 3 nitrogen and oxygen atoms in total. The first-order valence-corrected chi connectivity index (χ1v) is 5.88. The molecule has 0 radical (unpaired) electrons. The van der Waals surface area contributed by atoms with Gasteiger partial charge < -0.3 is 4.74 Å². The average Bonchev–Trinajstić information content (AvgIpc) is 2.75. The highest BCUT2D eigenvalue weighted by atomic mass is 35.5. The van der Waals surface area contributed by atoms with E-state index in [1.54, 1.807) is 0 Å². The summed E-state index contributed by atoms with van der Waals surface area (Å²) in [5.74, 6) is 0.932. The van der Waals surface area contributed by atoms with Crippen LogP contribution in [0.3, 0.4) is 0 Å². The molecule has 3 rings (SSSR count). The van der Waals surface area contributed by atoms with Crippen LogP contribution in [0.2, 0.25) is 5.28 Å². The number of hydrogen-bond donors (Lipinski definition) is 0. The molecule has 0 amide bonds. The Bertz CT molecular complexity index is 563. The van der Waals surface area contributed by atoms with E-state index in [9.17, 15) is 0 Å². The fourth-order valence-electron chi connectivity index (χ4n) is 2.09. The molecule has 1 aliphatic heterocycles. The number of benzene rings is 1. The number of rotatable bonds is 1. The van der Waals surface area contributed by atoms with E-state index in [0.29, 0.717) is 0 Å². The van der Waals surface area contributed by atoms with Crippen LogP contribution in [0.4, 0.5) is 0 Å². The first-order valence-electron chi connectivity index (χ1n) is 5.50. The predicted molar refractivity (Wildman–Crippen MR) is 66.4 cm³/mol. The third-order valence-electron chi connectivity index (χ3n) is 2.82. The molecule has 0 saturated carbocycles. The lowest BCUT2D eigenvalue weighted by molar-refractivity contribution is 0.358. The van der Waals surface area contributed by atoms with Crippen LogP contribution in [0.25, 0.3) is 11.3 Å². The summed E-state index contributed by atoms with van der Waals surface area (Å²) in [5.41, 5.74) is 3.90. The van der Waals surface area contributed by atoms with Crippen LogP contribution >= 0.6 is 11.6 Å². The van der Waals surface area contributed by atoms with Crippen LogP contribution in [0, 0.1) is 6.92 Å². The fraction of sp³-hybridized carbons (Fsp3) is 0.231. The molecule has 0 saturated heterocycles. The summed E-state index contributed by atoms with van der Waals surface area (Å²) in [6, 6.07) is 8.03. The van der Waals surface area contributed by atoms with E-state index < -0.39 is 0 Å². The van der Waals surface area contributed by atoms with Gasteiger partial charge in [-0.15, -0.1) is 0 Å². The van der Waals surface area contributed by atoms with Gasteiger partial charge in [0.2, 0.25) is 5.28 Å². The third kappa shape index (κ3) is 1.87. The molecule has 0 bridgehead atoms. The average molecular weight is 247 g/mol. The Labute approximate surface area is 104 Å². The van der Waals surface area contributed by atoms with Gasteiger partial charge >= 0.3 is 0 Å². The maximum absolute atomic E-state index is 5.89. The zero-order valence-corrected chi connectivity index (χ0v) is 10.2.